The molecule has 1 aromatic rings. The van der Waals surface area contributed by atoms with Crippen molar-refractivity contribution in [2.75, 3.05) is 26.3 Å². The first-order valence-corrected chi connectivity index (χ1v) is 16.1. The van der Waals surface area contributed by atoms with Crippen molar-refractivity contribution in [3.05, 3.63) is 35.9 Å². The maximum atomic E-state index is 13.6. The van der Waals surface area contributed by atoms with Gasteiger partial charge in [0.15, 0.2) is 0 Å². The maximum Gasteiger partial charge on any atom is 0.408 e. The molecule has 11 heteroatoms. The minimum Gasteiger partial charge on any atom is -0.444 e. The van der Waals surface area contributed by atoms with Crippen molar-refractivity contribution in [3.63, 3.8) is 0 Å². The molecule has 10 nitrogen and oxygen atoms in total. The number of nitrogens with one attached hydrogen (secondary N) is 4. The van der Waals surface area contributed by atoms with Gasteiger partial charge in [0.25, 0.3) is 0 Å². The van der Waals surface area contributed by atoms with Crippen molar-refractivity contribution < 1.29 is 33.0 Å². The van der Waals surface area contributed by atoms with Crippen LogP contribution in [0.15, 0.2) is 30.3 Å². The molecule has 1 aliphatic rings. The Morgan fingerprint density at radius 2 is 1.66 bits per heavy atom. The van der Waals surface area contributed by atoms with Crippen molar-refractivity contribution in [2.24, 2.45) is 5.92 Å². The highest BCUT2D eigenvalue weighted by Crippen LogP contribution is 2.15. The van der Waals surface area contributed by atoms with Crippen LogP contribution in [0.1, 0.15) is 91.0 Å². The van der Waals surface area contributed by atoms with Crippen LogP contribution in [0.3, 0.4) is 0 Å². The number of carbonyl (C=O) groups excluding carboxylic acids is 4. The summed E-state index contributed by atoms with van der Waals surface area (Å²) in [6.07, 6.45) is 5.17. The van der Waals surface area contributed by atoms with Gasteiger partial charge in [-0.25, -0.2) is 9.59 Å². The lowest BCUT2D eigenvalue weighted by molar-refractivity contribution is -0.164. The standard InChI is InChI=1S/C33H53FN4O6/c1-5-6-16-27(31(41)43-30(40)25-17-20-35-21-18-25)36-23-26(15-11-8-12-19-34)37-29(39)28(22-24-13-9-7-10-14-24)38-32(42)44-33(2,3)4/h7,9-10,13-14,25-28,35-36H,5-6,8,11-12,15-23H2,1-4H3,(H,37,39)(H,38,42)/t26-,27?,28-/m1/s1. The minimum absolute atomic E-state index is 0.233. The number of hydrogen-bond donors (Lipinski definition) is 4. The summed E-state index contributed by atoms with van der Waals surface area (Å²) < 4.78 is 23.5. The van der Waals surface area contributed by atoms with E-state index in [1.807, 2.05) is 37.3 Å². The Morgan fingerprint density at radius 3 is 2.30 bits per heavy atom. The fourth-order valence-corrected chi connectivity index (χ4v) is 5.01. The van der Waals surface area contributed by atoms with E-state index in [4.69, 9.17) is 9.47 Å². The molecule has 0 spiro atoms. The first-order chi connectivity index (χ1) is 21.0. The van der Waals surface area contributed by atoms with E-state index in [-0.39, 0.29) is 18.9 Å². The number of unbranched alkanes of at least 4 members (excludes halogenated alkanes) is 3. The van der Waals surface area contributed by atoms with Crippen molar-refractivity contribution in [3.8, 4) is 0 Å². The Morgan fingerprint density at radius 1 is 0.955 bits per heavy atom. The highest BCUT2D eigenvalue weighted by Gasteiger charge is 2.30. The molecule has 0 aromatic heterocycles. The van der Waals surface area contributed by atoms with Gasteiger partial charge in [0.2, 0.25) is 5.91 Å². The molecule has 1 fully saturated rings. The van der Waals surface area contributed by atoms with E-state index in [1.165, 1.54) is 0 Å². The van der Waals surface area contributed by atoms with Gasteiger partial charge in [0.1, 0.15) is 17.7 Å². The molecule has 1 heterocycles. The van der Waals surface area contributed by atoms with Gasteiger partial charge < -0.3 is 30.7 Å². The third kappa shape index (κ3) is 15.1. The van der Waals surface area contributed by atoms with E-state index >= 15 is 0 Å². The number of piperidine rings is 1. The molecule has 0 aliphatic carbocycles. The summed E-state index contributed by atoms with van der Waals surface area (Å²) in [5, 5.41) is 12.2. The summed E-state index contributed by atoms with van der Waals surface area (Å²) in [5.41, 5.74) is 0.125. The van der Waals surface area contributed by atoms with Crippen LogP contribution in [-0.4, -0.2) is 74.0 Å². The second kappa shape index (κ2) is 20.1. The minimum atomic E-state index is -0.913. The third-order valence-corrected chi connectivity index (χ3v) is 7.44. The Balaban J connectivity index is 2.13. The fraction of sp³-hybridized carbons (Fsp3) is 0.697. The normalized spacial score (nSPS) is 15.9. The maximum absolute atomic E-state index is 13.6. The molecule has 3 atom stereocenters. The molecule has 248 valence electrons. The molecule has 0 radical (unpaired) electrons. The highest BCUT2D eigenvalue weighted by molar-refractivity contribution is 5.89. The first-order valence-electron chi connectivity index (χ1n) is 16.1. The van der Waals surface area contributed by atoms with Gasteiger partial charge in [-0.1, -0.05) is 62.9 Å². The Bertz CT molecular complexity index is 1010. The van der Waals surface area contributed by atoms with Crippen LogP contribution >= 0.6 is 0 Å². The molecule has 2 rings (SSSR count). The fourth-order valence-electron chi connectivity index (χ4n) is 5.01. The summed E-state index contributed by atoms with van der Waals surface area (Å²) in [6, 6.07) is 7.30. The Kier molecular flexibility index (Phi) is 16.9. The van der Waals surface area contributed by atoms with Crippen LogP contribution in [-0.2, 0) is 30.3 Å². The van der Waals surface area contributed by atoms with E-state index in [1.54, 1.807) is 20.8 Å². The topological polar surface area (TPSA) is 135 Å². The zero-order valence-corrected chi connectivity index (χ0v) is 26.9. The molecular weight excluding hydrogens is 567 g/mol. The first kappa shape index (κ1) is 37.1. The van der Waals surface area contributed by atoms with Gasteiger partial charge in [-0.3, -0.25) is 14.0 Å². The van der Waals surface area contributed by atoms with Gasteiger partial charge in [-0.15, -0.1) is 0 Å². The SMILES string of the molecule is CCCCC(NC[C@@H](CCCCCF)NC(=O)[C@@H](Cc1ccccc1)NC(=O)OC(C)(C)C)C(=O)OC(=O)C1CCNCC1. The number of carbonyl (C=O) groups is 4. The molecule has 4 N–H and O–H groups in total. The van der Waals surface area contributed by atoms with Crippen molar-refractivity contribution in [1.82, 2.24) is 21.3 Å². The second-order valence-corrected chi connectivity index (χ2v) is 12.5. The van der Waals surface area contributed by atoms with Crippen LogP contribution in [0.5, 0.6) is 0 Å². The predicted octanol–water partition coefficient (Wildman–Crippen LogP) is 4.35. The number of amides is 2. The Hall–Kier alpha value is -3.05. The lowest BCUT2D eigenvalue weighted by Crippen LogP contribution is -2.54. The Labute approximate surface area is 262 Å². The van der Waals surface area contributed by atoms with Crippen LogP contribution < -0.4 is 21.3 Å². The molecule has 1 unspecified atom stereocenters. The van der Waals surface area contributed by atoms with E-state index in [2.05, 4.69) is 21.3 Å². The molecular formula is C33H53FN4O6. The van der Waals surface area contributed by atoms with E-state index in [9.17, 15) is 23.6 Å². The smallest absolute Gasteiger partial charge is 0.408 e. The summed E-state index contributed by atoms with van der Waals surface area (Å²) in [6.45, 7) is 8.50. The van der Waals surface area contributed by atoms with Crippen molar-refractivity contribution in [2.45, 2.75) is 116 Å². The molecule has 2 amide bonds. The molecule has 1 saturated heterocycles. The predicted molar refractivity (Wildman–Crippen MR) is 168 cm³/mol. The number of hydrogen-bond acceptors (Lipinski definition) is 8. The molecule has 1 aliphatic heterocycles. The lowest BCUT2D eigenvalue weighted by Gasteiger charge is -2.27. The van der Waals surface area contributed by atoms with E-state index in [0.717, 1.165) is 18.4 Å². The average Bonchev–Trinajstić information content (AvgIpc) is 2.98. The quantitative estimate of drug-likeness (QED) is 0.108. The van der Waals surface area contributed by atoms with Crippen LogP contribution in [0.25, 0.3) is 0 Å². The summed E-state index contributed by atoms with van der Waals surface area (Å²) in [4.78, 5) is 52.0. The van der Waals surface area contributed by atoms with Gasteiger partial charge in [0, 0.05) is 19.0 Å². The summed E-state index contributed by atoms with van der Waals surface area (Å²) in [7, 11) is 0. The zero-order valence-electron chi connectivity index (χ0n) is 26.9. The average molecular weight is 621 g/mol. The third-order valence-electron chi connectivity index (χ3n) is 7.44. The zero-order chi connectivity index (χ0) is 32.4. The van der Waals surface area contributed by atoms with Crippen LogP contribution in [0.4, 0.5) is 9.18 Å². The van der Waals surface area contributed by atoms with Gasteiger partial charge in [-0.05, 0) is 71.5 Å². The number of halogens is 1. The monoisotopic (exact) mass is 620 g/mol. The van der Waals surface area contributed by atoms with Gasteiger partial charge >= 0.3 is 18.0 Å². The van der Waals surface area contributed by atoms with Crippen molar-refractivity contribution >= 4 is 23.9 Å². The number of esters is 2. The second-order valence-electron chi connectivity index (χ2n) is 12.5. The molecule has 44 heavy (non-hydrogen) atoms. The molecule has 0 saturated carbocycles. The van der Waals surface area contributed by atoms with Crippen molar-refractivity contribution in [1.29, 1.82) is 0 Å². The van der Waals surface area contributed by atoms with E-state index in [0.29, 0.717) is 58.0 Å². The summed E-state index contributed by atoms with van der Waals surface area (Å²) in [5.74, 6) is -1.80. The highest BCUT2D eigenvalue weighted by atomic mass is 19.1. The van der Waals surface area contributed by atoms with Crippen LogP contribution in [0, 0.1) is 5.92 Å². The van der Waals surface area contributed by atoms with Gasteiger partial charge in [0.05, 0.1) is 12.6 Å². The van der Waals surface area contributed by atoms with E-state index < -0.39 is 54.3 Å². The van der Waals surface area contributed by atoms with Crippen LogP contribution in [0.2, 0.25) is 0 Å². The number of ether oxygens (including phenoxy) is 2. The number of benzene rings is 1. The number of alkyl carbamates (subject to hydrolysis) is 1. The summed E-state index contributed by atoms with van der Waals surface area (Å²) >= 11 is 0. The molecule has 0 bridgehead atoms. The lowest BCUT2D eigenvalue weighted by atomic mass is 9.98. The van der Waals surface area contributed by atoms with Gasteiger partial charge in [-0.2, -0.15) is 0 Å². The number of rotatable bonds is 18. The largest absolute Gasteiger partial charge is 0.444 e. The molecule has 1 aromatic carbocycles. The number of alkyl halides is 1.